The third-order valence-corrected chi connectivity index (χ3v) is 3.37. The van der Waals surface area contributed by atoms with Crippen molar-refractivity contribution in [2.24, 2.45) is 0 Å². The van der Waals surface area contributed by atoms with E-state index in [1.54, 1.807) is 24.3 Å². The number of halogens is 3. The average Bonchev–Trinajstić information content (AvgIpc) is 3.04. The van der Waals surface area contributed by atoms with Crippen LogP contribution in [0.3, 0.4) is 0 Å². The second-order valence-electron chi connectivity index (χ2n) is 5.25. The summed E-state index contributed by atoms with van der Waals surface area (Å²) >= 11 is 0. The molecular weight excluding hydrogens is 337 g/mol. The monoisotopic (exact) mass is 348 g/mol. The fourth-order valence-electron chi connectivity index (χ4n) is 2.10. The van der Waals surface area contributed by atoms with Crippen LogP contribution in [0.25, 0.3) is 17.2 Å². The van der Waals surface area contributed by atoms with Gasteiger partial charge in [0, 0.05) is 11.8 Å². The van der Waals surface area contributed by atoms with Crippen molar-refractivity contribution in [1.82, 2.24) is 19.7 Å². The quantitative estimate of drug-likeness (QED) is 0.785. The van der Waals surface area contributed by atoms with Gasteiger partial charge in [-0.3, -0.25) is 0 Å². The van der Waals surface area contributed by atoms with Crippen LogP contribution in [0.5, 0.6) is 0 Å². The molecule has 1 N–H and O–H groups in total. The van der Waals surface area contributed by atoms with Gasteiger partial charge in [0.25, 0.3) is 5.95 Å². The minimum atomic E-state index is -4.68. The lowest BCUT2D eigenvalue weighted by molar-refractivity contribution is -0.141. The third kappa shape index (κ3) is 3.49. The molecule has 3 rings (SSSR count). The summed E-state index contributed by atoms with van der Waals surface area (Å²) in [6, 6.07) is 8.79. The number of hydrogen-bond donors (Lipinski definition) is 1. The molecule has 0 radical (unpaired) electrons. The number of aromatic nitrogens is 4. The van der Waals surface area contributed by atoms with Gasteiger partial charge in [0.2, 0.25) is 0 Å². The number of rotatable bonds is 3. The van der Waals surface area contributed by atoms with Crippen molar-refractivity contribution in [1.29, 1.82) is 0 Å². The number of carboxylic acids is 1. The Kier molecular flexibility index (Phi) is 3.99. The zero-order valence-corrected chi connectivity index (χ0v) is 12.8. The standard InChI is InChI=1S/C16H11F3N4O2/c1-9-2-4-10(5-3-9)12-8-13(16(17,18)19)21-15(20-12)23-7-6-11(22-23)14(24)25/h2-8H,1H3,(H,24,25). The molecule has 0 unspecified atom stereocenters. The van der Waals surface area contributed by atoms with Crippen molar-refractivity contribution in [3.8, 4) is 17.2 Å². The normalized spacial score (nSPS) is 11.5. The van der Waals surface area contributed by atoms with E-state index in [1.807, 2.05) is 6.92 Å². The number of hydrogen-bond acceptors (Lipinski definition) is 4. The lowest BCUT2D eigenvalue weighted by Crippen LogP contribution is -2.13. The zero-order chi connectivity index (χ0) is 18.2. The maximum absolute atomic E-state index is 13.2. The van der Waals surface area contributed by atoms with E-state index in [9.17, 15) is 18.0 Å². The molecule has 2 heterocycles. The first kappa shape index (κ1) is 16.6. The molecule has 0 aliphatic rings. The average molecular weight is 348 g/mol. The van der Waals surface area contributed by atoms with Gasteiger partial charge in [0.1, 0.15) is 0 Å². The Hall–Kier alpha value is -3.23. The molecule has 25 heavy (non-hydrogen) atoms. The highest BCUT2D eigenvalue weighted by Crippen LogP contribution is 2.30. The smallest absolute Gasteiger partial charge is 0.433 e. The molecular formula is C16H11F3N4O2. The summed E-state index contributed by atoms with van der Waals surface area (Å²) in [5.74, 6) is -1.66. The lowest BCUT2D eigenvalue weighted by atomic mass is 10.1. The van der Waals surface area contributed by atoms with E-state index < -0.39 is 17.8 Å². The van der Waals surface area contributed by atoms with Gasteiger partial charge >= 0.3 is 12.1 Å². The fraction of sp³-hybridized carbons (Fsp3) is 0.125. The highest BCUT2D eigenvalue weighted by atomic mass is 19.4. The molecule has 0 spiro atoms. The molecule has 6 nitrogen and oxygen atoms in total. The molecule has 1 aromatic carbocycles. The summed E-state index contributed by atoms with van der Waals surface area (Å²) in [6.07, 6.45) is -3.49. The van der Waals surface area contributed by atoms with E-state index in [0.717, 1.165) is 22.4 Å². The van der Waals surface area contributed by atoms with Crippen molar-refractivity contribution in [3.63, 3.8) is 0 Å². The summed E-state index contributed by atoms with van der Waals surface area (Å²) in [7, 11) is 0. The van der Waals surface area contributed by atoms with Crippen molar-refractivity contribution >= 4 is 5.97 Å². The molecule has 2 aromatic heterocycles. The van der Waals surface area contributed by atoms with Gasteiger partial charge in [-0.15, -0.1) is 0 Å². The Morgan fingerprint density at radius 1 is 1.12 bits per heavy atom. The van der Waals surface area contributed by atoms with Crippen LogP contribution in [0, 0.1) is 6.92 Å². The van der Waals surface area contributed by atoms with E-state index in [4.69, 9.17) is 5.11 Å². The summed E-state index contributed by atoms with van der Waals surface area (Å²) in [5.41, 5.74) is 0.0284. The van der Waals surface area contributed by atoms with Crippen LogP contribution in [0.2, 0.25) is 0 Å². The molecule has 0 aliphatic carbocycles. The highest BCUT2D eigenvalue weighted by Gasteiger charge is 2.34. The van der Waals surface area contributed by atoms with Gasteiger partial charge in [-0.1, -0.05) is 29.8 Å². The summed E-state index contributed by atoms with van der Waals surface area (Å²) in [6.45, 7) is 1.85. The van der Waals surface area contributed by atoms with E-state index in [-0.39, 0.29) is 17.3 Å². The minimum absolute atomic E-state index is 0.0599. The number of carboxylic acid groups (broad SMARTS) is 1. The van der Waals surface area contributed by atoms with Crippen LogP contribution < -0.4 is 0 Å². The van der Waals surface area contributed by atoms with E-state index in [2.05, 4.69) is 15.1 Å². The first-order chi connectivity index (χ1) is 11.7. The molecule has 0 fully saturated rings. The SMILES string of the molecule is Cc1ccc(-c2cc(C(F)(F)F)nc(-n3ccc(C(=O)O)n3)n2)cc1. The molecule has 0 bridgehead atoms. The number of benzene rings is 1. The Labute approximate surface area is 139 Å². The number of aromatic carboxylic acids is 1. The van der Waals surface area contributed by atoms with Gasteiger partial charge in [-0.05, 0) is 19.1 Å². The first-order valence-electron chi connectivity index (χ1n) is 7.07. The fourth-order valence-corrected chi connectivity index (χ4v) is 2.10. The Morgan fingerprint density at radius 3 is 2.36 bits per heavy atom. The van der Waals surface area contributed by atoms with Gasteiger partial charge in [0.05, 0.1) is 5.69 Å². The molecule has 9 heteroatoms. The van der Waals surface area contributed by atoms with Gasteiger partial charge in [0.15, 0.2) is 11.4 Å². The second-order valence-corrected chi connectivity index (χ2v) is 5.25. The van der Waals surface area contributed by atoms with E-state index in [1.165, 1.54) is 6.20 Å². The van der Waals surface area contributed by atoms with Crippen LogP contribution in [0.4, 0.5) is 13.2 Å². The van der Waals surface area contributed by atoms with Crippen molar-refractivity contribution in [2.45, 2.75) is 13.1 Å². The predicted molar refractivity (Wildman–Crippen MR) is 81.3 cm³/mol. The molecule has 0 saturated heterocycles. The predicted octanol–water partition coefficient (Wildman–Crippen LogP) is 3.35. The number of carbonyl (C=O) groups is 1. The number of nitrogens with zero attached hydrogens (tertiary/aromatic N) is 4. The molecule has 0 aliphatic heterocycles. The van der Waals surface area contributed by atoms with Crippen LogP contribution in [0.1, 0.15) is 21.7 Å². The molecule has 0 saturated carbocycles. The minimum Gasteiger partial charge on any atom is -0.476 e. The molecule has 0 atom stereocenters. The zero-order valence-electron chi connectivity index (χ0n) is 12.8. The summed E-state index contributed by atoms with van der Waals surface area (Å²) in [4.78, 5) is 18.4. The van der Waals surface area contributed by atoms with Crippen molar-refractivity contribution in [2.75, 3.05) is 0 Å². The van der Waals surface area contributed by atoms with E-state index >= 15 is 0 Å². The van der Waals surface area contributed by atoms with Gasteiger partial charge in [-0.25, -0.2) is 19.4 Å². The maximum atomic E-state index is 13.2. The third-order valence-electron chi connectivity index (χ3n) is 3.37. The summed E-state index contributed by atoms with van der Waals surface area (Å²) in [5, 5.41) is 12.6. The lowest BCUT2D eigenvalue weighted by Gasteiger charge is -2.10. The maximum Gasteiger partial charge on any atom is 0.433 e. The topological polar surface area (TPSA) is 80.9 Å². The van der Waals surface area contributed by atoms with Crippen LogP contribution in [-0.2, 0) is 6.18 Å². The summed E-state index contributed by atoms with van der Waals surface area (Å²) < 4.78 is 40.4. The first-order valence-corrected chi connectivity index (χ1v) is 7.07. The Balaban J connectivity index is 2.15. The van der Waals surface area contributed by atoms with Crippen molar-refractivity contribution in [3.05, 3.63) is 59.5 Å². The van der Waals surface area contributed by atoms with Crippen LogP contribution >= 0.6 is 0 Å². The number of aryl methyl sites for hydroxylation is 1. The van der Waals surface area contributed by atoms with Crippen LogP contribution in [-0.4, -0.2) is 30.8 Å². The molecule has 128 valence electrons. The van der Waals surface area contributed by atoms with Gasteiger partial charge < -0.3 is 5.11 Å². The van der Waals surface area contributed by atoms with Crippen LogP contribution in [0.15, 0.2) is 42.6 Å². The van der Waals surface area contributed by atoms with E-state index in [0.29, 0.717) is 5.56 Å². The van der Waals surface area contributed by atoms with Crippen molar-refractivity contribution < 1.29 is 23.1 Å². The van der Waals surface area contributed by atoms with Gasteiger partial charge in [-0.2, -0.15) is 18.3 Å². The molecule has 3 aromatic rings. The molecule has 0 amide bonds. The highest BCUT2D eigenvalue weighted by molar-refractivity contribution is 5.85. The largest absolute Gasteiger partial charge is 0.476 e. The number of alkyl halides is 3. The Bertz CT molecular complexity index is 933. The Morgan fingerprint density at radius 2 is 1.80 bits per heavy atom. The second kappa shape index (κ2) is 6.00.